The second-order valence-electron chi connectivity index (χ2n) is 4.90. The fourth-order valence-corrected chi connectivity index (χ4v) is 3.02. The SMILES string of the molecule is NC(=O)c1ccsc1NC(=O)COC(=O)c1c[nH]c2ccccc12. The van der Waals surface area contributed by atoms with Crippen LogP contribution in [0.2, 0.25) is 0 Å². The summed E-state index contributed by atoms with van der Waals surface area (Å²) in [5.41, 5.74) is 6.58. The molecule has 0 aliphatic heterocycles. The van der Waals surface area contributed by atoms with E-state index in [1.54, 1.807) is 11.4 Å². The van der Waals surface area contributed by atoms with Crippen LogP contribution in [-0.4, -0.2) is 29.4 Å². The van der Waals surface area contributed by atoms with Gasteiger partial charge in [0.1, 0.15) is 5.00 Å². The number of hydrogen-bond donors (Lipinski definition) is 3. The van der Waals surface area contributed by atoms with Crippen LogP contribution >= 0.6 is 11.3 Å². The number of benzene rings is 1. The average Bonchev–Trinajstić information content (AvgIpc) is 3.19. The summed E-state index contributed by atoms with van der Waals surface area (Å²) in [6.45, 7) is -0.464. The largest absolute Gasteiger partial charge is 0.452 e. The molecule has 0 atom stereocenters. The maximum absolute atomic E-state index is 12.1. The Morgan fingerprint density at radius 3 is 2.75 bits per heavy atom. The van der Waals surface area contributed by atoms with Crippen molar-refractivity contribution in [3.05, 3.63) is 53.0 Å². The van der Waals surface area contributed by atoms with Gasteiger partial charge >= 0.3 is 5.97 Å². The van der Waals surface area contributed by atoms with Crippen LogP contribution in [0.4, 0.5) is 5.00 Å². The zero-order valence-electron chi connectivity index (χ0n) is 12.4. The molecule has 24 heavy (non-hydrogen) atoms. The number of hydrogen-bond acceptors (Lipinski definition) is 5. The van der Waals surface area contributed by atoms with E-state index in [4.69, 9.17) is 10.5 Å². The van der Waals surface area contributed by atoms with Gasteiger partial charge in [-0.15, -0.1) is 11.3 Å². The van der Waals surface area contributed by atoms with Gasteiger partial charge in [-0.2, -0.15) is 0 Å². The Balaban J connectivity index is 1.63. The molecular weight excluding hydrogens is 330 g/mol. The van der Waals surface area contributed by atoms with Crippen molar-refractivity contribution in [1.82, 2.24) is 4.98 Å². The summed E-state index contributed by atoms with van der Waals surface area (Å²) in [6.07, 6.45) is 1.54. The second kappa shape index (κ2) is 6.55. The first-order chi connectivity index (χ1) is 11.6. The first-order valence-corrected chi connectivity index (χ1v) is 7.84. The third-order valence-electron chi connectivity index (χ3n) is 3.33. The molecule has 2 amide bonds. The second-order valence-corrected chi connectivity index (χ2v) is 5.82. The zero-order valence-corrected chi connectivity index (χ0v) is 13.2. The minimum atomic E-state index is -0.637. The molecule has 3 rings (SSSR count). The predicted octanol–water partition coefficient (Wildman–Crippen LogP) is 2.12. The molecule has 0 spiro atoms. The molecule has 4 N–H and O–H groups in total. The molecule has 0 bridgehead atoms. The van der Waals surface area contributed by atoms with E-state index in [1.165, 1.54) is 12.3 Å². The first-order valence-electron chi connectivity index (χ1n) is 6.96. The Morgan fingerprint density at radius 1 is 1.17 bits per heavy atom. The fraction of sp³-hybridized carbons (Fsp3) is 0.0625. The Labute approximate surface area is 140 Å². The number of para-hydroxylation sites is 1. The summed E-state index contributed by atoms with van der Waals surface area (Å²) < 4.78 is 5.02. The van der Waals surface area contributed by atoms with Crippen molar-refractivity contribution in [2.75, 3.05) is 11.9 Å². The van der Waals surface area contributed by atoms with Crippen LogP contribution in [0.25, 0.3) is 10.9 Å². The lowest BCUT2D eigenvalue weighted by Gasteiger charge is -2.06. The summed E-state index contributed by atoms with van der Waals surface area (Å²) in [4.78, 5) is 38.2. The molecule has 122 valence electrons. The minimum Gasteiger partial charge on any atom is -0.452 e. The Kier molecular flexibility index (Phi) is 4.30. The van der Waals surface area contributed by atoms with Gasteiger partial charge in [0.2, 0.25) is 0 Å². The zero-order chi connectivity index (χ0) is 17.1. The number of fused-ring (bicyclic) bond motifs is 1. The van der Waals surface area contributed by atoms with Crippen LogP contribution in [0.15, 0.2) is 41.9 Å². The Morgan fingerprint density at radius 2 is 1.96 bits per heavy atom. The van der Waals surface area contributed by atoms with Crippen LogP contribution in [0, 0.1) is 0 Å². The number of ether oxygens (including phenoxy) is 1. The number of nitrogens with two attached hydrogens (primary N) is 1. The predicted molar refractivity (Wildman–Crippen MR) is 90.0 cm³/mol. The first kappa shape index (κ1) is 15.8. The van der Waals surface area contributed by atoms with Gasteiger partial charge in [0.25, 0.3) is 11.8 Å². The molecule has 1 aromatic carbocycles. The van der Waals surface area contributed by atoms with Crippen molar-refractivity contribution in [2.24, 2.45) is 5.73 Å². The summed E-state index contributed by atoms with van der Waals surface area (Å²) in [5, 5.41) is 5.18. The molecule has 3 aromatic rings. The normalized spacial score (nSPS) is 10.5. The van der Waals surface area contributed by atoms with Crippen molar-refractivity contribution >= 4 is 45.0 Å². The number of thiophene rings is 1. The van der Waals surface area contributed by atoms with Crippen molar-refractivity contribution in [3.8, 4) is 0 Å². The van der Waals surface area contributed by atoms with E-state index in [9.17, 15) is 14.4 Å². The van der Waals surface area contributed by atoms with Crippen molar-refractivity contribution in [2.45, 2.75) is 0 Å². The van der Waals surface area contributed by atoms with Crippen molar-refractivity contribution < 1.29 is 19.1 Å². The van der Waals surface area contributed by atoms with Gasteiger partial charge in [-0.25, -0.2) is 4.79 Å². The number of aromatic amines is 1. The van der Waals surface area contributed by atoms with Gasteiger partial charge in [0.05, 0.1) is 11.1 Å². The van der Waals surface area contributed by atoms with Crippen LogP contribution in [0.1, 0.15) is 20.7 Å². The summed E-state index contributed by atoms with van der Waals surface area (Å²) in [5.74, 6) is -1.79. The fourth-order valence-electron chi connectivity index (χ4n) is 2.21. The molecule has 0 aliphatic carbocycles. The maximum Gasteiger partial charge on any atom is 0.340 e. The van der Waals surface area contributed by atoms with E-state index >= 15 is 0 Å². The van der Waals surface area contributed by atoms with Gasteiger partial charge in [-0.05, 0) is 17.5 Å². The molecule has 0 saturated heterocycles. The topological polar surface area (TPSA) is 114 Å². The van der Waals surface area contributed by atoms with E-state index in [-0.39, 0.29) is 5.56 Å². The number of aromatic nitrogens is 1. The minimum absolute atomic E-state index is 0.219. The number of primary amides is 1. The Hall–Kier alpha value is -3.13. The van der Waals surface area contributed by atoms with Crippen LogP contribution in [-0.2, 0) is 9.53 Å². The molecule has 0 unspecified atom stereocenters. The molecule has 0 fully saturated rings. The highest BCUT2D eigenvalue weighted by molar-refractivity contribution is 7.14. The van der Waals surface area contributed by atoms with Crippen LogP contribution in [0.5, 0.6) is 0 Å². The van der Waals surface area contributed by atoms with Gasteiger partial charge < -0.3 is 20.8 Å². The van der Waals surface area contributed by atoms with E-state index in [0.717, 1.165) is 22.2 Å². The van der Waals surface area contributed by atoms with Gasteiger partial charge in [-0.3, -0.25) is 9.59 Å². The maximum atomic E-state index is 12.1. The summed E-state index contributed by atoms with van der Waals surface area (Å²) in [7, 11) is 0. The third kappa shape index (κ3) is 3.13. The molecule has 8 heteroatoms. The van der Waals surface area contributed by atoms with Gasteiger partial charge in [0, 0.05) is 17.1 Å². The highest BCUT2D eigenvalue weighted by Gasteiger charge is 2.16. The van der Waals surface area contributed by atoms with Crippen molar-refractivity contribution in [3.63, 3.8) is 0 Å². The molecule has 7 nitrogen and oxygen atoms in total. The highest BCUT2D eigenvalue weighted by atomic mass is 32.1. The third-order valence-corrected chi connectivity index (χ3v) is 4.16. The van der Waals surface area contributed by atoms with E-state index < -0.39 is 24.4 Å². The molecule has 0 saturated carbocycles. The number of rotatable bonds is 5. The van der Waals surface area contributed by atoms with Gasteiger partial charge in [0.15, 0.2) is 6.61 Å². The average molecular weight is 343 g/mol. The van der Waals surface area contributed by atoms with Crippen LogP contribution in [0.3, 0.4) is 0 Å². The monoisotopic (exact) mass is 343 g/mol. The number of H-pyrrole nitrogens is 1. The lowest BCUT2D eigenvalue weighted by Crippen LogP contribution is -2.22. The van der Waals surface area contributed by atoms with Crippen molar-refractivity contribution in [1.29, 1.82) is 0 Å². The lowest BCUT2D eigenvalue weighted by molar-refractivity contribution is -0.119. The van der Waals surface area contributed by atoms with Crippen LogP contribution < -0.4 is 11.1 Å². The van der Waals surface area contributed by atoms with E-state index in [2.05, 4.69) is 10.3 Å². The molecule has 0 radical (unpaired) electrons. The number of nitrogens with one attached hydrogen (secondary N) is 2. The van der Waals surface area contributed by atoms with E-state index in [1.807, 2.05) is 18.2 Å². The lowest BCUT2D eigenvalue weighted by atomic mass is 10.2. The molecular formula is C16H13N3O4S. The molecule has 2 heterocycles. The molecule has 0 aliphatic rings. The quantitative estimate of drug-likeness (QED) is 0.616. The summed E-state index contributed by atoms with van der Waals surface area (Å²) >= 11 is 1.16. The highest BCUT2D eigenvalue weighted by Crippen LogP contribution is 2.22. The number of anilines is 1. The number of carbonyl (C=O) groups excluding carboxylic acids is 3. The summed E-state index contributed by atoms with van der Waals surface area (Å²) in [6, 6.07) is 8.79. The van der Waals surface area contributed by atoms with E-state index in [0.29, 0.717) is 10.6 Å². The smallest absolute Gasteiger partial charge is 0.340 e. The number of esters is 1. The Bertz CT molecular complexity index is 928. The number of amides is 2. The standard InChI is InChI=1S/C16H13N3O4S/c17-14(21)10-5-6-24-15(10)19-13(20)8-23-16(22)11-7-18-12-4-2-1-3-9(11)12/h1-7,18H,8H2,(H2,17,21)(H,19,20). The van der Waals surface area contributed by atoms with Gasteiger partial charge in [-0.1, -0.05) is 18.2 Å². The number of carbonyl (C=O) groups is 3. The molecule has 2 aromatic heterocycles.